The van der Waals surface area contributed by atoms with E-state index in [1.807, 2.05) is 57.5 Å². The summed E-state index contributed by atoms with van der Waals surface area (Å²) in [6.07, 6.45) is 2.00. The number of aryl methyl sites for hydroxylation is 1. The van der Waals surface area contributed by atoms with Crippen LogP contribution >= 0.6 is 22.9 Å². The van der Waals surface area contributed by atoms with Crippen molar-refractivity contribution in [2.75, 3.05) is 25.4 Å². The number of hydrogen-bond acceptors (Lipinski definition) is 4. The van der Waals surface area contributed by atoms with Crippen LogP contribution in [-0.2, 0) is 16.6 Å². The Balaban J connectivity index is 1.72. The lowest BCUT2D eigenvalue weighted by Gasteiger charge is -2.12. The first-order valence-electron chi connectivity index (χ1n) is 9.20. The number of thiophene rings is 1. The number of rotatable bonds is 6. The molecule has 0 aliphatic carbocycles. The third-order valence-electron chi connectivity index (χ3n) is 4.94. The van der Waals surface area contributed by atoms with Gasteiger partial charge in [-0.05, 0) is 68.4 Å². The molecule has 8 heteroatoms. The molecular formula is C21H22ClN3O2S2. The molecular weight excluding hydrogens is 426 g/mol. The van der Waals surface area contributed by atoms with Crippen molar-refractivity contribution in [2.45, 2.75) is 17.7 Å². The van der Waals surface area contributed by atoms with Gasteiger partial charge in [-0.1, -0.05) is 17.7 Å². The number of benzene rings is 2. The maximum Gasteiger partial charge on any atom is 0.271 e. The fourth-order valence-electron chi connectivity index (χ4n) is 3.43. The number of aromatic nitrogens is 1. The van der Waals surface area contributed by atoms with Crippen LogP contribution in [0.1, 0.15) is 5.56 Å². The van der Waals surface area contributed by atoms with Crippen molar-refractivity contribution >= 4 is 59.6 Å². The standard InChI is InChI=1S/C21H22ClN3O2S2/c1-14-17-13-15(22)7-8-20(17)28-21(14)29(26,27)23-18-5-4-6-19-16(18)9-10-25(19)12-11-24(2)3/h4-10,13,23H,11-12H2,1-3H3. The molecule has 0 fully saturated rings. The Morgan fingerprint density at radius 3 is 2.69 bits per heavy atom. The first kappa shape index (κ1) is 20.2. The summed E-state index contributed by atoms with van der Waals surface area (Å²) in [7, 11) is 0.348. The van der Waals surface area contributed by atoms with Gasteiger partial charge in [0.2, 0.25) is 0 Å². The van der Waals surface area contributed by atoms with Gasteiger partial charge in [-0.3, -0.25) is 4.72 Å². The van der Waals surface area contributed by atoms with Crippen LogP contribution in [0.5, 0.6) is 0 Å². The van der Waals surface area contributed by atoms with Gasteiger partial charge in [0.25, 0.3) is 10.0 Å². The van der Waals surface area contributed by atoms with E-state index in [1.165, 1.54) is 11.3 Å². The Bertz CT molecular complexity index is 1310. The Morgan fingerprint density at radius 2 is 1.93 bits per heavy atom. The number of fused-ring (bicyclic) bond motifs is 2. The smallest absolute Gasteiger partial charge is 0.271 e. The molecule has 0 unspecified atom stereocenters. The number of likely N-dealkylation sites (N-methyl/N-ethyl adjacent to an activating group) is 1. The summed E-state index contributed by atoms with van der Waals surface area (Å²) >= 11 is 7.35. The summed E-state index contributed by atoms with van der Waals surface area (Å²) in [6.45, 7) is 3.56. The van der Waals surface area contributed by atoms with Crippen LogP contribution in [0.25, 0.3) is 21.0 Å². The summed E-state index contributed by atoms with van der Waals surface area (Å²) in [5.41, 5.74) is 2.31. The van der Waals surface area contributed by atoms with Gasteiger partial charge in [-0.25, -0.2) is 8.42 Å². The second kappa shape index (κ2) is 7.65. The van der Waals surface area contributed by atoms with E-state index in [0.717, 1.165) is 39.6 Å². The van der Waals surface area contributed by atoms with E-state index in [1.54, 1.807) is 12.1 Å². The van der Waals surface area contributed by atoms with E-state index >= 15 is 0 Å². The van der Waals surface area contributed by atoms with Crippen molar-refractivity contribution in [3.63, 3.8) is 0 Å². The van der Waals surface area contributed by atoms with E-state index in [2.05, 4.69) is 14.2 Å². The monoisotopic (exact) mass is 447 g/mol. The predicted octanol–water partition coefficient (Wildman–Crippen LogP) is 5.18. The predicted molar refractivity (Wildman–Crippen MR) is 123 cm³/mol. The minimum absolute atomic E-state index is 0.318. The number of halogens is 1. The van der Waals surface area contributed by atoms with Gasteiger partial charge in [0.05, 0.1) is 11.2 Å². The van der Waals surface area contributed by atoms with Gasteiger partial charge in [0.1, 0.15) is 4.21 Å². The highest BCUT2D eigenvalue weighted by Crippen LogP contribution is 2.37. The highest BCUT2D eigenvalue weighted by molar-refractivity contribution is 7.95. The molecule has 5 nitrogen and oxygen atoms in total. The van der Waals surface area contributed by atoms with Crippen molar-refractivity contribution in [1.29, 1.82) is 0 Å². The lowest BCUT2D eigenvalue weighted by molar-refractivity contribution is 0.387. The van der Waals surface area contributed by atoms with Crippen molar-refractivity contribution in [3.05, 3.63) is 59.2 Å². The number of nitrogens with zero attached hydrogens (tertiary/aromatic N) is 2. The summed E-state index contributed by atoms with van der Waals surface area (Å²) < 4.78 is 32.5. The second-order valence-corrected chi connectivity index (χ2v) is 10.7. The fraction of sp³-hybridized carbons (Fsp3) is 0.238. The minimum atomic E-state index is -3.72. The molecule has 0 bridgehead atoms. The molecule has 0 saturated carbocycles. The number of sulfonamides is 1. The first-order chi connectivity index (χ1) is 13.8. The maximum absolute atomic E-state index is 13.2. The fourth-order valence-corrected chi connectivity index (χ4v) is 6.43. The zero-order valence-electron chi connectivity index (χ0n) is 16.4. The molecule has 0 radical (unpaired) electrons. The average molecular weight is 448 g/mol. The Labute approximate surface area is 179 Å². The third kappa shape index (κ3) is 3.88. The molecule has 4 aromatic rings. The van der Waals surface area contributed by atoms with Crippen molar-refractivity contribution < 1.29 is 8.42 Å². The SMILES string of the molecule is Cc1c(S(=O)(=O)Nc2cccc3c2ccn3CCN(C)C)sc2ccc(Cl)cc12. The molecule has 0 spiro atoms. The van der Waals surface area contributed by atoms with E-state index in [9.17, 15) is 8.42 Å². The molecule has 0 atom stereocenters. The van der Waals surface area contributed by atoms with E-state index in [4.69, 9.17) is 11.6 Å². The molecule has 1 N–H and O–H groups in total. The molecule has 29 heavy (non-hydrogen) atoms. The topological polar surface area (TPSA) is 54.3 Å². The molecule has 0 aliphatic rings. The van der Waals surface area contributed by atoms with Gasteiger partial charge >= 0.3 is 0 Å². The van der Waals surface area contributed by atoms with Gasteiger partial charge in [0.15, 0.2) is 0 Å². The molecule has 2 heterocycles. The molecule has 2 aromatic carbocycles. The second-order valence-electron chi connectivity index (χ2n) is 7.31. The molecule has 2 aromatic heterocycles. The molecule has 0 amide bonds. The van der Waals surface area contributed by atoms with Crippen LogP contribution in [0.4, 0.5) is 5.69 Å². The van der Waals surface area contributed by atoms with Crippen LogP contribution in [0.3, 0.4) is 0 Å². The summed E-state index contributed by atoms with van der Waals surface area (Å²) in [6, 6.07) is 13.1. The van der Waals surface area contributed by atoms with Crippen LogP contribution in [-0.4, -0.2) is 38.5 Å². The van der Waals surface area contributed by atoms with Crippen LogP contribution in [0.2, 0.25) is 5.02 Å². The van der Waals surface area contributed by atoms with Crippen LogP contribution in [0, 0.1) is 6.92 Å². The Hall–Kier alpha value is -2.06. The lowest BCUT2D eigenvalue weighted by Crippen LogP contribution is -2.18. The minimum Gasteiger partial charge on any atom is -0.346 e. The zero-order valence-corrected chi connectivity index (χ0v) is 18.8. The molecule has 0 aliphatic heterocycles. The largest absolute Gasteiger partial charge is 0.346 e. The highest BCUT2D eigenvalue weighted by Gasteiger charge is 2.23. The van der Waals surface area contributed by atoms with Gasteiger partial charge in [0, 0.05) is 34.4 Å². The quantitative estimate of drug-likeness (QED) is 0.443. The summed E-state index contributed by atoms with van der Waals surface area (Å²) in [4.78, 5) is 2.12. The zero-order chi connectivity index (χ0) is 20.8. The first-order valence-corrected chi connectivity index (χ1v) is 11.9. The summed E-state index contributed by atoms with van der Waals surface area (Å²) in [5, 5.41) is 2.35. The van der Waals surface area contributed by atoms with Crippen molar-refractivity contribution in [1.82, 2.24) is 9.47 Å². The molecule has 0 saturated heterocycles. The van der Waals surface area contributed by atoms with E-state index in [-0.39, 0.29) is 0 Å². The highest BCUT2D eigenvalue weighted by atomic mass is 35.5. The lowest BCUT2D eigenvalue weighted by atomic mass is 10.2. The average Bonchev–Trinajstić information content (AvgIpc) is 3.22. The molecule has 4 rings (SSSR count). The van der Waals surface area contributed by atoms with Crippen LogP contribution < -0.4 is 4.72 Å². The number of hydrogen-bond donors (Lipinski definition) is 1. The normalized spacial score (nSPS) is 12.3. The summed E-state index contributed by atoms with van der Waals surface area (Å²) in [5.74, 6) is 0. The third-order valence-corrected chi connectivity index (χ3v) is 8.44. The van der Waals surface area contributed by atoms with Crippen LogP contribution in [0.15, 0.2) is 52.9 Å². The number of anilines is 1. The van der Waals surface area contributed by atoms with E-state index in [0.29, 0.717) is 14.9 Å². The Kier molecular flexibility index (Phi) is 5.33. The van der Waals surface area contributed by atoms with E-state index < -0.39 is 10.0 Å². The van der Waals surface area contributed by atoms with Crippen molar-refractivity contribution in [3.8, 4) is 0 Å². The van der Waals surface area contributed by atoms with Crippen molar-refractivity contribution in [2.24, 2.45) is 0 Å². The number of nitrogens with one attached hydrogen (secondary N) is 1. The van der Waals surface area contributed by atoms with Gasteiger partial charge in [-0.2, -0.15) is 0 Å². The van der Waals surface area contributed by atoms with Gasteiger partial charge < -0.3 is 9.47 Å². The maximum atomic E-state index is 13.2. The Morgan fingerprint density at radius 1 is 1.14 bits per heavy atom. The van der Waals surface area contributed by atoms with Gasteiger partial charge in [-0.15, -0.1) is 11.3 Å². The molecule has 152 valence electrons.